The Morgan fingerprint density at radius 3 is 3.04 bits per heavy atom. The SMILES string of the molecule is CCO/N=C(/C)C1CN(C(=O)C=Cc2cnc3c(c2)CCC(=O)N3)C1. The Hall–Kier alpha value is -2.70. The van der Waals surface area contributed by atoms with Gasteiger partial charge in [0.15, 0.2) is 0 Å². The maximum Gasteiger partial charge on any atom is 0.246 e. The van der Waals surface area contributed by atoms with E-state index in [1.165, 1.54) is 0 Å². The molecule has 2 aliphatic rings. The molecule has 1 saturated heterocycles. The molecule has 0 aliphatic carbocycles. The molecule has 1 fully saturated rings. The minimum absolute atomic E-state index is 0.00558. The van der Waals surface area contributed by atoms with Gasteiger partial charge in [0.05, 0.1) is 5.71 Å². The highest BCUT2D eigenvalue weighted by atomic mass is 16.6. The molecule has 3 heterocycles. The van der Waals surface area contributed by atoms with Gasteiger partial charge in [-0.2, -0.15) is 0 Å². The molecule has 0 spiro atoms. The van der Waals surface area contributed by atoms with Gasteiger partial charge in [-0.05, 0) is 43.5 Å². The molecular formula is C18H22N4O3. The second-order valence-corrected chi connectivity index (χ2v) is 6.25. The van der Waals surface area contributed by atoms with E-state index >= 15 is 0 Å². The molecule has 0 bridgehead atoms. The van der Waals surface area contributed by atoms with E-state index in [0.29, 0.717) is 38.4 Å². The van der Waals surface area contributed by atoms with Crippen molar-refractivity contribution in [3.05, 3.63) is 29.5 Å². The predicted molar refractivity (Wildman–Crippen MR) is 95.0 cm³/mol. The van der Waals surface area contributed by atoms with E-state index in [1.54, 1.807) is 23.2 Å². The summed E-state index contributed by atoms with van der Waals surface area (Å²) in [5.74, 6) is 0.868. The maximum atomic E-state index is 12.2. The Labute approximate surface area is 146 Å². The van der Waals surface area contributed by atoms with E-state index in [0.717, 1.165) is 16.8 Å². The van der Waals surface area contributed by atoms with Gasteiger partial charge in [0.2, 0.25) is 11.8 Å². The van der Waals surface area contributed by atoms with E-state index in [4.69, 9.17) is 4.84 Å². The van der Waals surface area contributed by atoms with Gasteiger partial charge in [-0.15, -0.1) is 0 Å². The number of rotatable bonds is 5. The molecule has 25 heavy (non-hydrogen) atoms. The van der Waals surface area contributed by atoms with Crippen molar-refractivity contribution >= 4 is 29.4 Å². The summed E-state index contributed by atoms with van der Waals surface area (Å²) in [6.07, 6.45) is 6.14. The van der Waals surface area contributed by atoms with Crippen molar-refractivity contribution < 1.29 is 14.4 Å². The molecule has 2 amide bonds. The lowest BCUT2D eigenvalue weighted by molar-refractivity contribution is -0.130. The summed E-state index contributed by atoms with van der Waals surface area (Å²) in [6.45, 7) is 5.70. The van der Waals surface area contributed by atoms with Crippen molar-refractivity contribution in [3.8, 4) is 0 Å². The second-order valence-electron chi connectivity index (χ2n) is 6.25. The minimum atomic E-state index is -0.0218. The van der Waals surface area contributed by atoms with Crippen LogP contribution < -0.4 is 5.32 Å². The number of aryl methyl sites for hydroxylation is 1. The fraction of sp³-hybridized carbons (Fsp3) is 0.444. The number of pyridine rings is 1. The first-order chi connectivity index (χ1) is 12.1. The third kappa shape index (κ3) is 4.04. The summed E-state index contributed by atoms with van der Waals surface area (Å²) in [4.78, 5) is 34.6. The zero-order chi connectivity index (χ0) is 17.8. The van der Waals surface area contributed by atoms with Crippen molar-refractivity contribution in [2.45, 2.75) is 26.7 Å². The van der Waals surface area contributed by atoms with Gasteiger partial charge < -0.3 is 15.1 Å². The molecule has 3 rings (SSSR count). The molecule has 0 radical (unpaired) electrons. The average Bonchev–Trinajstić information content (AvgIpc) is 2.56. The quantitative estimate of drug-likeness (QED) is 0.503. The third-order valence-electron chi connectivity index (χ3n) is 4.41. The van der Waals surface area contributed by atoms with Crippen molar-refractivity contribution in [2.75, 3.05) is 25.0 Å². The lowest BCUT2D eigenvalue weighted by atomic mass is 9.95. The first-order valence-corrected chi connectivity index (χ1v) is 8.49. The smallest absolute Gasteiger partial charge is 0.246 e. The van der Waals surface area contributed by atoms with Gasteiger partial charge in [0, 0.05) is 37.7 Å². The Morgan fingerprint density at radius 2 is 2.28 bits per heavy atom. The van der Waals surface area contributed by atoms with E-state index in [1.807, 2.05) is 19.9 Å². The highest BCUT2D eigenvalue weighted by Crippen LogP contribution is 2.22. The van der Waals surface area contributed by atoms with Crippen LogP contribution in [0.3, 0.4) is 0 Å². The van der Waals surface area contributed by atoms with E-state index in [9.17, 15) is 9.59 Å². The minimum Gasteiger partial charge on any atom is -0.396 e. The molecule has 0 saturated carbocycles. The molecule has 0 atom stereocenters. The maximum absolute atomic E-state index is 12.2. The molecule has 0 unspecified atom stereocenters. The average molecular weight is 342 g/mol. The van der Waals surface area contributed by atoms with E-state index in [2.05, 4.69) is 15.5 Å². The summed E-state index contributed by atoms with van der Waals surface area (Å²) < 4.78 is 0. The van der Waals surface area contributed by atoms with Crippen molar-refractivity contribution in [2.24, 2.45) is 11.1 Å². The topological polar surface area (TPSA) is 83.9 Å². The Kier molecular flexibility index (Phi) is 5.11. The molecule has 1 N–H and O–H groups in total. The number of oxime groups is 1. The van der Waals surface area contributed by atoms with Crippen LogP contribution in [-0.4, -0.2) is 47.1 Å². The number of nitrogens with one attached hydrogen (secondary N) is 1. The lowest BCUT2D eigenvalue weighted by Crippen LogP contribution is -2.52. The Bertz CT molecular complexity index is 736. The number of hydrogen-bond donors (Lipinski definition) is 1. The van der Waals surface area contributed by atoms with Crippen LogP contribution in [0, 0.1) is 5.92 Å². The summed E-state index contributed by atoms with van der Waals surface area (Å²) in [5.41, 5.74) is 2.78. The monoisotopic (exact) mass is 342 g/mol. The van der Waals surface area contributed by atoms with Crippen LogP contribution >= 0.6 is 0 Å². The molecule has 1 aromatic rings. The van der Waals surface area contributed by atoms with Gasteiger partial charge in [-0.3, -0.25) is 9.59 Å². The molecule has 132 valence electrons. The summed E-state index contributed by atoms with van der Waals surface area (Å²) in [6, 6.07) is 1.96. The van der Waals surface area contributed by atoms with Crippen LogP contribution in [0.4, 0.5) is 5.82 Å². The van der Waals surface area contributed by atoms with Crippen molar-refractivity contribution in [1.29, 1.82) is 0 Å². The fourth-order valence-corrected chi connectivity index (χ4v) is 2.80. The molecular weight excluding hydrogens is 320 g/mol. The van der Waals surface area contributed by atoms with Crippen LogP contribution in [0.1, 0.15) is 31.4 Å². The fourth-order valence-electron chi connectivity index (χ4n) is 2.80. The second kappa shape index (κ2) is 7.46. The van der Waals surface area contributed by atoms with Crippen LogP contribution in [0.25, 0.3) is 6.08 Å². The molecule has 7 nitrogen and oxygen atoms in total. The lowest BCUT2D eigenvalue weighted by Gasteiger charge is -2.38. The van der Waals surface area contributed by atoms with Crippen molar-refractivity contribution in [3.63, 3.8) is 0 Å². The predicted octanol–water partition coefficient (Wildman–Crippen LogP) is 1.85. The first kappa shape index (κ1) is 17.1. The van der Waals surface area contributed by atoms with Gasteiger partial charge in [-0.1, -0.05) is 5.16 Å². The number of carbonyl (C=O) groups excluding carboxylic acids is 2. The number of hydrogen-bond acceptors (Lipinski definition) is 5. The number of amides is 2. The number of anilines is 1. The Balaban J connectivity index is 1.55. The van der Waals surface area contributed by atoms with E-state index in [-0.39, 0.29) is 17.7 Å². The number of likely N-dealkylation sites (tertiary alicyclic amines) is 1. The normalized spacial score (nSPS) is 17.9. The van der Waals surface area contributed by atoms with Crippen LogP contribution in [0.2, 0.25) is 0 Å². The van der Waals surface area contributed by atoms with Crippen molar-refractivity contribution in [1.82, 2.24) is 9.88 Å². The first-order valence-electron chi connectivity index (χ1n) is 8.49. The molecule has 2 aliphatic heterocycles. The van der Waals surface area contributed by atoms with Crippen LogP contribution in [0.5, 0.6) is 0 Å². The standard InChI is InChI=1S/C18H22N4O3/c1-3-25-21-12(2)15-10-22(11-15)17(24)7-4-13-8-14-5-6-16(23)20-18(14)19-9-13/h4,7-9,15H,3,5-6,10-11H2,1-2H3,(H,19,20,23)/b7-4?,21-12-. The third-order valence-corrected chi connectivity index (χ3v) is 4.41. The van der Waals surface area contributed by atoms with Gasteiger partial charge in [-0.25, -0.2) is 4.98 Å². The van der Waals surface area contributed by atoms with Gasteiger partial charge in [0.25, 0.3) is 0 Å². The zero-order valence-electron chi connectivity index (χ0n) is 14.5. The van der Waals surface area contributed by atoms with Crippen LogP contribution in [0.15, 0.2) is 23.5 Å². The number of nitrogens with zero attached hydrogens (tertiary/aromatic N) is 3. The zero-order valence-corrected chi connectivity index (χ0v) is 14.5. The summed E-state index contributed by atoms with van der Waals surface area (Å²) in [7, 11) is 0. The number of fused-ring (bicyclic) bond motifs is 1. The molecule has 7 heteroatoms. The number of carbonyl (C=O) groups is 2. The summed E-state index contributed by atoms with van der Waals surface area (Å²) in [5, 5.41) is 6.77. The highest BCUT2D eigenvalue weighted by molar-refractivity contribution is 5.95. The highest BCUT2D eigenvalue weighted by Gasteiger charge is 2.31. The van der Waals surface area contributed by atoms with Gasteiger partial charge >= 0.3 is 0 Å². The van der Waals surface area contributed by atoms with E-state index < -0.39 is 0 Å². The number of aromatic nitrogens is 1. The Morgan fingerprint density at radius 1 is 1.48 bits per heavy atom. The van der Waals surface area contributed by atoms with Crippen LogP contribution in [-0.2, 0) is 20.8 Å². The largest absolute Gasteiger partial charge is 0.396 e. The molecule has 0 aromatic carbocycles. The molecule has 1 aromatic heterocycles. The summed E-state index contributed by atoms with van der Waals surface area (Å²) >= 11 is 0. The van der Waals surface area contributed by atoms with Gasteiger partial charge in [0.1, 0.15) is 12.4 Å².